The van der Waals surface area contributed by atoms with Crippen molar-refractivity contribution in [1.82, 2.24) is 0 Å². The number of non-ortho nitro benzene ring substituents is 1. The van der Waals surface area contributed by atoms with Gasteiger partial charge in [-0.15, -0.1) is 0 Å². The molecule has 0 atom stereocenters. The quantitative estimate of drug-likeness (QED) is 0.294. The lowest BCUT2D eigenvalue weighted by Crippen LogP contribution is -2.08. The summed E-state index contributed by atoms with van der Waals surface area (Å²) in [6.45, 7) is 0. The lowest BCUT2D eigenvalue weighted by molar-refractivity contribution is -0.384. The van der Waals surface area contributed by atoms with Crippen LogP contribution in [0.5, 0.6) is 11.5 Å². The van der Waals surface area contributed by atoms with E-state index in [1.807, 2.05) is 6.07 Å². The molecule has 6 nitrogen and oxygen atoms in total. The van der Waals surface area contributed by atoms with E-state index < -0.39 is 28.3 Å². The van der Waals surface area contributed by atoms with Crippen LogP contribution in [0, 0.1) is 10.1 Å². The number of hydrogen-bond acceptors (Lipinski definition) is 4. The molecule has 3 aromatic rings. The number of nitrogens with one attached hydrogen (secondary N) is 1. The largest absolute Gasteiger partial charge is 0.457 e. The zero-order valence-corrected chi connectivity index (χ0v) is 15.8. The Labute approximate surface area is 174 Å². The van der Waals surface area contributed by atoms with Crippen LogP contribution in [-0.4, -0.2) is 10.8 Å². The maximum atomic E-state index is 12.9. The second-order valence-electron chi connectivity index (χ2n) is 6.33. The van der Waals surface area contributed by atoms with Gasteiger partial charge in [-0.25, -0.2) is 0 Å². The fraction of sp³-hybridized carbons (Fsp3) is 0.0455. The van der Waals surface area contributed by atoms with Gasteiger partial charge in [0.15, 0.2) is 0 Å². The predicted octanol–water partition coefficient (Wildman–Crippen LogP) is 6.06. The topological polar surface area (TPSA) is 81.5 Å². The molecule has 0 aliphatic carbocycles. The van der Waals surface area contributed by atoms with E-state index in [9.17, 15) is 28.1 Å². The van der Waals surface area contributed by atoms with Crippen molar-refractivity contribution in [1.29, 1.82) is 0 Å². The molecule has 0 aliphatic heterocycles. The standard InChI is InChI=1S/C22H15F3N2O4/c23-22(24,25)16-7-4-8-19(11-16)31-20-13-17(12-18(14-20)27(29)30)26-21(28)10-9-15-5-2-1-3-6-15/h1-14H,(H,26,28)/b10-9+. The summed E-state index contributed by atoms with van der Waals surface area (Å²) < 4.78 is 44.0. The molecule has 0 fully saturated rings. The maximum absolute atomic E-state index is 12.9. The summed E-state index contributed by atoms with van der Waals surface area (Å²) in [5.41, 5.74) is -0.481. The van der Waals surface area contributed by atoms with E-state index in [2.05, 4.69) is 5.32 Å². The molecule has 31 heavy (non-hydrogen) atoms. The number of nitro groups is 1. The van der Waals surface area contributed by atoms with Crippen LogP contribution in [-0.2, 0) is 11.0 Å². The number of ether oxygens (including phenoxy) is 1. The molecule has 0 unspecified atom stereocenters. The lowest BCUT2D eigenvalue weighted by Gasteiger charge is -2.11. The number of nitrogens with zero attached hydrogens (tertiary/aromatic N) is 1. The van der Waals surface area contributed by atoms with Crippen LogP contribution in [0.2, 0.25) is 0 Å². The normalized spacial score (nSPS) is 11.3. The summed E-state index contributed by atoms with van der Waals surface area (Å²) in [7, 11) is 0. The summed E-state index contributed by atoms with van der Waals surface area (Å²) in [4.78, 5) is 22.7. The van der Waals surface area contributed by atoms with Crippen LogP contribution in [0.1, 0.15) is 11.1 Å². The van der Waals surface area contributed by atoms with Gasteiger partial charge in [0.2, 0.25) is 5.91 Å². The highest BCUT2D eigenvalue weighted by Crippen LogP contribution is 2.34. The molecule has 0 aliphatic rings. The van der Waals surface area contributed by atoms with E-state index in [4.69, 9.17) is 4.74 Å². The maximum Gasteiger partial charge on any atom is 0.416 e. The second-order valence-corrected chi connectivity index (χ2v) is 6.33. The fourth-order valence-corrected chi connectivity index (χ4v) is 2.61. The van der Waals surface area contributed by atoms with E-state index in [0.717, 1.165) is 35.9 Å². The number of carbonyl (C=O) groups is 1. The van der Waals surface area contributed by atoms with Crippen molar-refractivity contribution in [2.45, 2.75) is 6.18 Å². The first-order valence-electron chi connectivity index (χ1n) is 8.89. The van der Waals surface area contributed by atoms with E-state index >= 15 is 0 Å². The number of alkyl halides is 3. The third kappa shape index (κ3) is 6.17. The summed E-state index contributed by atoms with van der Waals surface area (Å²) >= 11 is 0. The summed E-state index contributed by atoms with van der Waals surface area (Å²) in [5.74, 6) is -0.804. The first-order valence-corrected chi connectivity index (χ1v) is 8.89. The molecule has 3 rings (SSSR count). The molecule has 0 aromatic heterocycles. The minimum atomic E-state index is -4.56. The van der Waals surface area contributed by atoms with Crippen molar-refractivity contribution in [3.8, 4) is 11.5 Å². The summed E-state index contributed by atoms with van der Waals surface area (Å²) in [5, 5.41) is 13.7. The highest BCUT2D eigenvalue weighted by molar-refractivity contribution is 6.02. The van der Waals surface area contributed by atoms with Gasteiger partial charge in [-0.2, -0.15) is 13.2 Å². The zero-order valence-electron chi connectivity index (χ0n) is 15.8. The Kier molecular flexibility index (Phi) is 6.35. The SMILES string of the molecule is O=C(/C=C/c1ccccc1)Nc1cc(Oc2cccc(C(F)(F)F)c2)cc([N+](=O)[O-])c1. The van der Waals surface area contributed by atoms with Crippen LogP contribution in [0.15, 0.2) is 78.9 Å². The molecule has 158 valence electrons. The van der Waals surface area contributed by atoms with Crippen LogP contribution < -0.4 is 10.1 Å². The number of amides is 1. The van der Waals surface area contributed by atoms with Gasteiger partial charge in [-0.05, 0) is 29.8 Å². The molecule has 1 N–H and O–H groups in total. The van der Waals surface area contributed by atoms with Gasteiger partial charge in [0.05, 0.1) is 22.2 Å². The number of halogens is 3. The van der Waals surface area contributed by atoms with Crippen molar-refractivity contribution in [2.24, 2.45) is 0 Å². The fourth-order valence-electron chi connectivity index (χ4n) is 2.61. The van der Waals surface area contributed by atoms with E-state index in [1.165, 1.54) is 18.2 Å². The number of rotatable bonds is 6. The summed E-state index contributed by atoms with van der Waals surface area (Å²) in [6.07, 6.45) is -1.75. The zero-order chi connectivity index (χ0) is 22.4. The Morgan fingerprint density at radius 3 is 2.39 bits per heavy atom. The van der Waals surface area contributed by atoms with Crippen molar-refractivity contribution < 1.29 is 27.6 Å². The van der Waals surface area contributed by atoms with Crippen molar-refractivity contribution in [2.75, 3.05) is 5.32 Å². The number of benzene rings is 3. The molecule has 0 spiro atoms. The van der Waals surface area contributed by atoms with Gasteiger partial charge in [-0.3, -0.25) is 14.9 Å². The van der Waals surface area contributed by atoms with Crippen molar-refractivity contribution in [3.63, 3.8) is 0 Å². The molecular weight excluding hydrogens is 413 g/mol. The first-order chi connectivity index (χ1) is 14.7. The van der Waals surface area contributed by atoms with Gasteiger partial charge in [-0.1, -0.05) is 36.4 Å². The smallest absolute Gasteiger partial charge is 0.416 e. The number of hydrogen-bond donors (Lipinski definition) is 1. The lowest BCUT2D eigenvalue weighted by atomic mass is 10.2. The predicted molar refractivity (Wildman–Crippen MR) is 109 cm³/mol. The molecule has 0 heterocycles. The first kappa shape index (κ1) is 21.6. The van der Waals surface area contributed by atoms with Crippen LogP contribution >= 0.6 is 0 Å². The minimum absolute atomic E-state index is 0.0545. The minimum Gasteiger partial charge on any atom is -0.457 e. The Hall–Kier alpha value is -4.14. The molecule has 9 heteroatoms. The van der Waals surface area contributed by atoms with Crippen molar-refractivity contribution >= 4 is 23.4 Å². The van der Waals surface area contributed by atoms with Gasteiger partial charge < -0.3 is 10.1 Å². The molecule has 1 amide bonds. The van der Waals surface area contributed by atoms with E-state index in [1.54, 1.807) is 30.3 Å². The molecule has 0 saturated carbocycles. The number of anilines is 1. The van der Waals surface area contributed by atoms with Crippen LogP contribution in [0.25, 0.3) is 6.08 Å². The molecule has 3 aromatic carbocycles. The molecule has 0 saturated heterocycles. The molecule has 0 radical (unpaired) electrons. The highest BCUT2D eigenvalue weighted by atomic mass is 19.4. The van der Waals surface area contributed by atoms with Gasteiger partial charge in [0.1, 0.15) is 11.5 Å². The average Bonchev–Trinajstić information content (AvgIpc) is 2.72. The molecule has 0 bridgehead atoms. The Balaban J connectivity index is 1.82. The monoisotopic (exact) mass is 428 g/mol. The Bertz CT molecular complexity index is 1130. The highest BCUT2D eigenvalue weighted by Gasteiger charge is 2.30. The van der Waals surface area contributed by atoms with Crippen LogP contribution in [0.4, 0.5) is 24.5 Å². The average molecular weight is 428 g/mol. The third-order valence-electron chi connectivity index (χ3n) is 3.99. The van der Waals surface area contributed by atoms with Crippen molar-refractivity contribution in [3.05, 3.63) is 100 Å². The number of carbonyl (C=O) groups excluding carboxylic acids is 1. The van der Waals surface area contributed by atoms with Gasteiger partial charge >= 0.3 is 6.18 Å². The van der Waals surface area contributed by atoms with Crippen LogP contribution in [0.3, 0.4) is 0 Å². The third-order valence-corrected chi connectivity index (χ3v) is 3.99. The Morgan fingerprint density at radius 2 is 1.71 bits per heavy atom. The Morgan fingerprint density at radius 1 is 0.968 bits per heavy atom. The van der Waals surface area contributed by atoms with Gasteiger partial charge in [0.25, 0.3) is 5.69 Å². The molecular formula is C22H15F3N2O4. The van der Waals surface area contributed by atoms with E-state index in [0.29, 0.717) is 0 Å². The summed E-state index contributed by atoms with van der Waals surface area (Å²) in [6, 6.07) is 16.6. The number of nitro benzene ring substituents is 1. The van der Waals surface area contributed by atoms with E-state index in [-0.39, 0.29) is 17.2 Å². The second kappa shape index (κ2) is 9.12. The van der Waals surface area contributed by atoms with Gasteiger partial charge in [0, 0.05) is 18.2 Å².